The van der Waals surface area contributed by atoms with Gasteiger partial charge in [-0.25, -0.2) is 22.0 Å². The summed E-state index contributed by atoms with van der Waals surface area (Å²) in [6, 6.07) is 15.3. The first-order valence-corrected chi connectivity index (χ1v) is 12.3. The van der Waals surface area contributed by atoms with E-state index in [-0.39, 0.29) is 26.8 Å². The number of hydrogen-bond donors (Lipinski definition) is 3. The third-order valence-electron chi connectivity index (χ3n) is 4.25. The van der Waals surface area contributed by atoms with Gasteiger partial charge in [-0.3, -0.25) is 9.52 Å². The molecule has 0 aliphatic rings. The molecule has 3 aromatic carbocycles. The van der Waals surface area contributed by atoms with E-state index in [0.29, 0.717) is 10.7 Å². The molecule has 9 nitrogen and oxygen atoms in total. The predicted octanol–water partition coefficient (Wildman–Crippen LogP) is 3.05. The van der Waals surface area contributed by atoms with Crippen LogP contribution in [-0.4, -0.2) is 29.9 Å². The van der Waals surface area contributed by atoms with Crippen molar-refractivity contribution in [2.24, 2.45) is 5.14 Å². The third kappa shape index (κ3) is 5.56. The maximum Gasteiger partial charge on any atom is 0.261 e. The summed E-state index contributed by atoms with van der Waals surface area (Å²) in [6.07, 6.45) is 0. The molecule has 168 valence electrons. The molecule has 0 bridgehead atoms. The molecule has 0 unspecified atom stereocenters. The first-order chi connectivity index (χ1) is 15.0. The molecule has 4 N–H and O–H groups in total. The van der Waals surface area contributed by atoms with Crippen molar-refractivity contribution >= 4 is 48.9 Å². The molecule has 12 heteroatoms. The molecule has 1 amide bonds. The van der Waals surface area contributed by atoms with Crippen LogP contribution in [0.5, 0.6) is 5.75 Å². The predicted molar refractivity (Wildman–Crippen MR) is 121 cm³/mol. The minimum absolute atomic E-state index is 0.0354. The van der Waals surface area contributed by atoms with Crippen LogP contribution in [0.2, 0.25) is 5.02 Å². The molecule has 0 fully saturated rings. The average molecular weight is 496 g/mol. The zero-order valence-electron chi connectivity index (χ0n) is 16.6. The summed E-state index contributed by atoms with van der Waals surface area (Å²) < 4.78 is 55.9. The Morgan fingerprint density at radius 1 is 0.906 bits per heavy atom. The maximum atomic E-state index is 12.5. The van der Waals surface area contributed by atoms with Crippen molar-refractivity contribution in [3.8, 4) is 5.75 Å². The fourth-order valence-electron chi connectivity index (χ4n) is 2.70. The number of hydrogen-bond acceptors (Lipinski definition) is 6. The van der Waals surface area contributed by atoms with Crippen LogP contribution in [0.25, 0.3) is 0 Å². The van der Waals surface area contributed by atoms with Crippen molar-refractivity contribution in [1.82, 2.24) is 0 Å². The van der Waals surface area contributed by atoms with Gasteiger partial charge in [-0.05, 0) is 66.7 Å². The monoisotopic (exact) mass is 495 g/mol. The number of anilines is 2. The van der Waals surface area contributed by atoms with E-state index in [1.54, 1.807) is 12.1 Å². The molecule has 0 aliphatic heterocycles. The van der Waals surface area contributed by atoms with E-state index in [1.807, 2.05) is 0 Å². The summed E-state index contributed by atoms with van der Waals surface area (Å²) in [6.45, 7) is 0. The van der Waals surface area contributed by atoms with Gasteiger partial charge < -0.3 is 10.1 Å². The van der Waals surface area contributed by atoms with Crippen molar-refractivity contribution in [2.45, 2.75) is 9.79 Å². The lowest BCUT2D eigenvalue weighted by Crippen LogP contribution is -2.16. The molecule has 3 aromatic rings. The summed E-state index contributed by atoms with van der Waals surface area (Å²) in [7, 11) is -6.66. The van der Waals surface area contributed by atoms with Crippen LogP contribution in [0.15, 0.2) is 76.5 Å². The molecule has 0 atom stereocenters. The largest absolute Gasteiger partial charge is 0.495 e. The van der Waals surface area contributed by atoms with Crippen LogP contribution in [0.4, 0.5) is 11.4 Å². The van der Waals surface area contributed by atoms with Crippen LogP contribution in [-0.2, 0) is 20.0 Å². The van der Waals surface area contributed by atoms with Gasteiger partial charge in [0, 0.05) is 22.0 Å². The minimum atomic E-state index is -4.08. The van der Waals surface area contributed by atoms with Crippen LogP contribution in [0.1, 0.15) is 10.4 Å². The highest BCUT2D eigenvalue weighted by Crippen LogP contribution is 2.26. The molecule has 0 radical (unpaired) electrons. The molecule has 0 saturated carbocycles. The fraction of sp³-hybridized carbons (Fsp3) is 0.0500. The molecular formula is C20H18ClN3O6S2. The smallest absolute Gasteiger partial charge is 0.261 e. The number of methoxy groups -OCH3 is 1. The number of nitrogens with one attached hydrogen (secondary N) is 2. The Morgan fingerprint density at radius 2 is 1.50 bits per heavy atom. The Labute approximate surface area is 190 Å². The number of sulfonamides is 2. The highest BCUT2D eigenvalue weighted by molar-refractivity contribution is 7.92. The molecule has 0 saturated heterocycles. The van der Waals surface area contributed by atoms with Gasteiger partial charge in [-0.15, -0.1) is 0 Å². The number of primary sulfonamides is 1. The summed E-state index contributed by atoms with van der Waals surface area (Å²) >= 11 is 5.79. The van der Waals surface area contributed by atoms with Crippen LogP contribution >= 0.6 is 11.6 Å². The van der Waals surface area contributed by atoms with Gasteiger partial charge in [-0.1, -0.05) is 11.6 Å². The topological polar surface area (TPSA) is 145 Å². The lowest BCUT2D eigenvalue weighted by molar-refractivity contribution is 0.102. The lowest BCUT2D eigenvalue weighted by Gasteiger charge is -2.11. The number of amides is 1. The van der Waals surface area contributed by atoms with Crippen LogP contribution in [0, 0.1) is 0 Å². The van der Waals surface area contributed by atoms with E-state index in [4.69, 9.17) is 21.5 Å². The highest BCUT2D eigenvalue weighted by Gasteiger charge is 2.18. The second-order valence-corrected chi connectivity index (χ2v) is 10.2. The second-order valence-electron chi connectivity index (χ2n) is 6.50. The number of benzene rings is 3. The molecule has 0 spiro atoms. The van der Waals surface area contributed by atoms with Gasteiger partial charge in [0.1, 0.15) is 10.6 Å². The van der Waals surface area contributed by atoms with Crippen molar-refractivity contribution in [3.63, 3.8) is 0 Å². The van der Waals surface area contributed by atoms with Gasteiger partial charge >= 0.3 is 0 Å². The fourth-order valence-corrected chi connectivity index (χ4v) is 4.61. The number of halogens is 1. The zero-order chi connectivity index (χ0) is 23.5. The first kappa shape index (κ1) is 23.5. The maximum absolute atomic E-state index is 12.5. The second kappa shape index (κ2) is 9.17. The minimum Gasteiger partial charge on any atom is -0.495 e. The Bertz CT molecular complexity index is 1360. The van der Waals surface area contributed by atoms with E-state index in [0.717, 1.165) is 0 Å². The molecule has 0 aromatic heterocycles. The van der Waals surface area contributed by atoms with Crippen LogP contribution < -0.4 is 19.9 Å². The van der Waals surface area contributed by atoms with E-state index < -0.39 is 26.0 Å². The Balaban J connectivity index is 1.77. The number of rotatable bonds is 7. The van der Waals surface area contributed by atoms with Gasteiger partial charge in [0.2, 0.25) is 10.0 Å². The summed E-state index contributed by atoms with van der Waals surface area (Å²) in [5, 5.41) is 8.18. The molecule has 0 heterocycles. The average Bonchev–Trinajstić information content (AvgIpc) is 2.74. The molecule has 32 heavy (non-hydrogen) atoms. The number of ether oxygens (including phenoxy) is 1. The highest BCUT2D eigenvalue weighted by atomic mass is 35.5. The Hall–Kier alpha value is -3.12. The van der Waals surface area contributed by atoms with Gasteiger partial charge in [0.25, 0.3) is 15.9 Å². The molecule has 0 aliphatic carbocycles. The van der Waals surface area contributed by atoms with Crippen molar-refractivity contribution < 1.29 is 26.4 Å². The Kier molecular flexibility index (Phi) is 6.74. The van der Waals surface area contributed by atoms with Crippen molar-refractivity contribution in [2.75, 3.05) is 17.1 Å². The standard InChI is InChI=1S/C20H18ClN3O6S2/c1-30-18-11-8-16(12-19(18)31(22,26)27)23-20(25)13-2-9-17(10-3-13)32(28,29)24-15-6-4-14(21)5-7-15/h2-12,24H,1H3,(H,23,25)(H2,22,26,27). The summed E-state index contributed by atoms with van der Waals surface area (Å²) in [5.74, 6) is -0.543. The van der Waals surface area contributed by atoms with Crippen LogP contribution in [0.3, 0.4) is 0 Å². The molecular weight excluding hydrogens is 478 g/mol. The van der Waals surface area contributed by atoms with Gasteiger partial charge in [0.15, 0.2) is 0 Å². The normalized spacial score (nSPS) is 11.6. The van der Waals surface area contributed by atoms with Crippen molar-refractivity contribution in [3.05, 3.63) is 77.3 Å². The summed E-state index contributed by atoms with van der Waals surface area (Å²) in [5.41, 5.74) is 0.658. The summed E-state index contributed by atoms with van der Waals surface area (Å²) in [4.78, 5) is 12.2. The van der Waals surface area contributed by atoms with E-state index >= 15 is 0 Å². The Morgan fingerprint density at radius 3 is 2.06 bits per heavy atom. The van der Waals surface area contributed by atoms with E-state index in [9.17, 15) is 21.6 Å². The van der Waals surface area contributed by atoms with Gasteiger partial charge in [-0.2, -0.15) is 0 Å². The first-order valence-electron chi connectivity index (χ1n) is 8.90. The molecule has 3 rings (SSSR count). The number of nitrogens with two attached hydrogens (primary N) is 1. The zero-order valence-corrected chi connectivity index (χ0v) is 19.0. The third-order valence-corrected chi connectivity index (χ3v) is 6.83. The van der Waals surface area contributed by atoms with E-state index in [2.05, 4.69) is 10.0 Å². The van der Waals surface area contributed by atoms with E-state index in [1.165, 1.54) is 61.7 Å². The SMILES string of the molecule is COc1ccc(NC(=O)c2ccc(S(=O)(=O)Nc3ccc(Cl)cc3)cc2)cc1S(N)(=O)=O. The van der Waals surface area contributed by atoms with Crippen molar-refractivity contribution in [1.29, 1.82) is 0 Å². The number of carbonyl (C=O) groups is 1. The quantitative estimate of drug-likeness (QED) is 0.459. The lowest BCUT2D eigenvalue weighted by atomic mass is 10.2. The van der Waals surface area contributed by atoms with Gasteiger partial charge in [0.05, 0.1) is 12.0 Å². The number of carbonyl (C=O) groups excluding carboxylic acids is 1.